The molecule has 2 amide bonds. The number of rotatable bonds is 12. The molecular formula is C27H37F2N3O5S. The van der Waals surface area contributed by atoms with Gasteiger partial charge in [0, 0.05) is 31.1 Å². The van der Waals surface area contributed by atoms with E-state index >= 15 is 0 Å². The van der Waals surface area contributed by atoms with E-state index in [-0.39, 0.29) is 43.4 Å². The van der Waals surface area contributed by atoms with Crippen LogP contribution in [-0.4, -0.2) is 56.6 Å². The first-order valence-corrected chi connectivity index (χ1v) is 14.2. The molecule has 8 nitrogen and oxygen atoms in total. The van der Waals surface area contributed by atoms with Crippen LogP contribution >= 0.6 is 0 Å². The fourth-order valence-corrected chi connectivity index (χ4v) is 4.90. The maximum atomic E-state index is 13.8. The number of carbonyl (C=O) groups excluding carboxylic acids is 2. The molecule has 38 heavy (non-hydrogen) atoms. The molecule has 0 aliphatic heterocycles. The summed E-state index contributed by atoms with van der Waals surface area (Å²) >= 11 is 0. The van der Waals surface area contributed by atoms with Crippen molar-refractivity contribution in [3.63, 3.8) is 0 Å². The normalized spacial score (nSPS) is 12.5. The van der Waals surface area contributed by atoms with Crippen molar-refractivity contribution in [2.75, 3.05) is 24.2 Å². The van der Waals surface area contributed by atoms with E-state index in [1.54, 1.807) is 19.2 Å². The standard InChI is InChI=1S/C27H37F2N3O5S/c1-7-24(26(34)30-27(2,3)4)31(18-19-10-13-21(37-5)14-11-19)25(33)9-8-16-32(38(6,35)36)20-12-15-22(28)23(29)17-20/h10-15,17,24H,7-9,16,18H2,1-6H3,(H,30,34). The minimum absolute atomic E-state index is 0.0371. The van der Waals surface area contributed by atoms with Crippen molar-refractivity contribution >= 4 is 27.5 Å². The Bertz CT molecular complexity index is 1210. The predicted octanol–water partition coefficient (Wildman–Crippen LogP) is 4.24. The topological polar surface area (TPSA) is 96.0 Å². The van der Waals surface area contributed by atoms with Crippen molar-refractivity contribution in [1.29, 1.82) is 0 Å². The Morgan fingerprint density at radius 1 is 1.05 bits per heavy atom. The monoisotopic (exact) mass is 553 g/mol. The van der Waals surface area contributed by atoms with Crippen LogP contribution in [0.25, 0.3) is 0 Å². The van der Waals surface area contributed by atoms with Crippen molar-refractivity contribution < 1.29 is 31.5 Å². The SMILES string of the molecule is CCC(C(=O)NC(C)(C)C)N(Cc1ccc(OC)cc1)C(=O)CCCN(c1ccc(F)c(F)c1)S(C)(=O)=O. The molecule has 2 aromatic carbocycles. The second kappa shape index (κ2) is 13.0. The average Bonchev–Trinajstić information content (AvgIpc) is 2.82. The zero-order valence-corrected chi connectivity index (χ0v) is 23.6. The Kier molecular flexibility index (Phi) is 10.6. The molecule has 11 heteroatoms. The summed E-state index contributed by atoms with van der Waals surface area (Å²) in [6.45, 7) is 7.41. The van der Waals surface area contributed by atoms with Crippen molar-refractivity contribution in [1.82, 2.24) is 10.2 Å². The molecule has 0 aromatic heterocycles. The van der Waals surface area contributed by atoms with Gasteiger partial charge in [0.05, 0.1) is 19.1 Å². The molecule has 0 spiro atoms. The number of ether oxygens (including phenoxy) is 1. The quantitative estimate of drug-likeness (QED) is 0.424. The Morgan fingerprint density at radius 3 is 2.18 bits per heavy atom. The summed E-state index contributed by atoms with van der Waals surface area (Å²) in [5.74, 6) is -2.24. The van der Waals surface area contributed by atoms with Crippen LogP contribution in [-0.2, 0) is 26.2 Å². The summed E-state index contributed by atoms with van der Waals surface area (Å²) in [6.07, 6.45) is 1.36. The molecule has 2 rings (SSSR count). The third-order valence-electron chi connectivity index (χ3n) is 5.74. The van der Waals surface area contributed by atoms with Gasteiger partial charge in [-0.15, -0.1) is 0 Å². The molecule has 0 bridgehead atoms. The van der Waals surface area contributed by atoms with Crippen LogP contribution in [0.15, 0.2) is 42.5 Å². The molecule has 210 valence electrons. The second-order valence-corrected chi connectivity index (χ2v) is 12.0. The van der Waals surface area contributed by atoms with Crippen LogP contribution < -0.4 is 14.4 Å². The lowest BCUT2D eigenvalue weighted by molar-refractivity contribution is -0.142. The van der Waals surface area contributed by atoms with Crippen molar-refractivity contribution in [2.45, 2.75) is 65.1 Å². The van der Waals surface area contributed by atoms with Gasteiger partial charge in [-0.05, 0) is 63.4 Å². The molecular weight excluding hydrogens is 516 g/mol. The Labute approximate surface area is 224 Å². The summed E-state index contributed by atoms with van der Waals surface area (Å²) in [6, 6.07) is 9.22. The maximum Gasteiger partial charge on any atom is 0.243 e. The first-order chi connectivity index (χ1) is 17.7. The van der Waals surface area contributed by atoms with E-state index in [2.05, 4.69) is 5.32 Å². The second-order valence-electron chi connectivity index (χ2n) is 10.1. The maximum absolute atomic E-state index is 13.8. The number of benzene rings is 2. The molecule has 1 unspecified atom stereocenters. The average molecular weight is 554 g/mol. The highest BCUT2D eigenvalue weighted by Gasteiger charge is 2.30. The van der Waals surface area contributed by atoms with Gasteiger partial charge in [-0.25, -0.2) is 17.2 Å². The third kappa shape index (κ3) is 8.97. The number of hydrogen-bond acceptors (Lipinski definition) is 5. The van der Waals surface area contributed by atoms with E-state index in [0.717, 1.165) is 28.3 Å². The Morgan fingerprint density at radius 2 is 1.68 bits per heavy atom. The Hall–Kier alpha value is -3.21. The van der Waals surface area contributed by atoms with Gasteiger partial charge in [-0.2, -0.15) is 0 Å². The fraction of sp³-hybridized carbons (Fsp3) is 0.481. The molecule has 0 saturated carbocycles. The van der Waals surface area contributed by atoms with Crippen LogP contribution in [0.3, 0.4) is 0 Å². The number of amides is 2. The number of methoxy groups -OCH3 is 1. The molecule has 0 heterocycles. The minimum atomic E-state index is -3.83. The highest BCUT2D eigenvalue weighted by molar-refractivity contribution is 7.92. The van der Waals surface area contributed by atoms with Crippen LogP contribution in [0.5, 0.6) is 5.75 Å². The largest absolute Gasteiger partial charge is 0.497 e. The number of halogens is 2. The molecule has 2 aromatic rings. The van der Waals surface area contributed by atoms with Gasteiger partial charge in [-0.1, -0.05) is 19.1 Å². The number of carbonyl (C=O) groups is 2. The van der Waals surface area contributed by atoms with Gasteiger partial charge in [0.25, 0.3) is 0 Å². The van der Waals surface area contributed by atoms with Gasteiger partial charge < -0.3 is 15.0 Å². The molecule has 0 fully saturated rings. The smallest absolute Gasteiger partial charge is 0.243 e. The van der Waals surface area contributed by atoms with E-state index < -0.39 is 33.2 Å². The van der Waals surface area contributed by atoms with Gasteiger partial charge in [0.2, 0.25) is 21.8 Å². The summed E-state index contributed by atoms with van der Waals surface area (Å²) in [5, 5.41) is 2.93. The van der Waals surface area contributed by atoms with Gasteiger partial charge in [0.1, 0.15) is 11.8 Å². The van der Waals surface area contributed by atoms with E-state index in [4.69, 9.17) is 4.74 Å². The fourth-order valence-electron chi connectivity index (χ4n) is 3.94. The highest BCUT2D eigenvalue weighted by atomic mass is 32.2. The van der Waals surface area contributed by atoms with Crippen LogP contribution in [0.4, 0.5) is 14.5 Å². The number of anilines is 1. The van der Waals surface area contributed by atoms with Crippen molar-refractivity contribution in [3.8, 4) is 5.75 Å². The lowest BCUT2D eigenvalue weighted by Crippen LogP contribution is -2.53. The first-order valence-electron chi connectivity index (χ1n) is 12.3. The van der Waals surface area contributed by atoms with E-state index in [9.17, 15) is 26.8 Å². The first kappa shape index (κ1) is 31.0. The summed E-state index contributed by atoms with van der Waals surface area (Å²) in [7, 11) is -2.28. The zero-order valence-electron chi connectivity index (χ0n) is 22.8. The predicted molar refractivity (Wildman–Crippen MR) is 143 cm³/mol. The Balaban J connectivity index is 2.26. The van der Waals surface area contributed by atoms with Gasteiger partial charge in [0.15, 0.2) is 11.6 Å². The molecule has 0 aliphatic carbocycles. The number of nitrogens with zero attached hydrogens (tertiary/aromatic N) is 2. The summed E-state index contributed by atoms with van der Waals surface area (Å²) in [4.78, 5) is 28.0. The minimum Gasteiger partial charge on any atom is -0.497 e. The zero-order chi connectivity index (χ0) is 28.7. The van der Waals surface area contributed by atoms with E-state index in [1.165, 1.54) is 11.0 Å². The summed E-state index contributed by atoms with van der Waals surface area (Å²) < 4.78 is 58.0. The number of nitrogens with one attached hydrogen (secondary N) is 1. The summed E-state index contributed by atoms with van der Waals surface area (Å²) in [5.41, 5.74) is 0.255. The lowest BCUT2D eigenvalue weighted by atomic mass is 10.0. The van der Waals surface area contributed by atoms with Crippen LogP contribution in [0.1, 0.15) is 52.5 Å². The van der Waals surface area contributed by atoms with Crippen molar-refractivity contribution in [2.24, 2.45) is 0 Å². The van der Waals surface area contributed by atoms with Crippen LogP contribution in [0.2, 0.25) is 0 Å². The lowest BCUT2D eigenvalue weighted by Gasteiger charge is -2.33. The molecule has 0 saturated heterocycles. The molecule has 0 radical (unpaired) electrons. The van der Waals surface area contributed by atoms with E-state index in [0.29, 0.717) is 12.2 Å². The van der Waals surface area contributed by atoms with Gasteiger partial charge >= 0.3 is 0 Å². The molecule has 0 aliphatic rings. The number of sulfonamides is 1. The third-order valence-corrected chi connectivity index (χ3v) is 6.93. The molecule has 1 N–H and O–H groups in total. The van der Waals surface area contributed by atoms with Crippen molar-refractivity contribution in [3.05, 3.63) is 59.7 Å². The van der Waals surface area contributed by atoms with Crippen LogP contribution in [0, 0.1) is 11.6 Å². The highest BCUT2D eigenvalue weighted by Crippen LogP contribution is 2.22. The number of hydrogen-bond donors (Lipinski definition) is 1. The molecule has 1 atom stereocenters. The van der Waals surface area contributed by atoms with E-state index in [1.807, 2.05) is 39.8 Å². The van der Waals surface area contributed by atoms with Gasteiger partial charge in [-0.3, -0.25) is 13.9 Å².